The minimum absolute atomic E-state index is 0.278. The van der Waals surface area contributed by atoms with E-state index in [2.05, 4.69) is 38.2 Å². The second-order valence-corrected chi connectivity index (χ2v) is 4.61. The highest BCUT2D eigenvalue weighted by Gasteiger charge is 2.09. The SMILES string of the molecule is CCC(C)OCc1cc(C(C)NC)ccc1OC. The Labute approximate surface area is 110 Å². The lowest BCUT2D eigenvalue weighted by Crippen LogP contribution is -2.13. The van der Waals surface area contributed by atoms with Gasteiger partial charge in [-0.05, 0) is 45.0 Å². The molecule has 102 valence electrons. The van der Waals surface area contributed by atoms with Gasteiger partial charge in [-0.3, -0.25) is 0 Å². The van der Waals surface area contributed by atoms with Crippen molar-refractivity contribution in [2.75, 3.05) is 14.2 Å². The molecule has 2 atom stereocenters. The zero-order valence-corrected chi connectivity index (χ0v) is 12.1. The number of hydrogen-bond acceptors (Lipinski definition) is 3. The zero-order valence-electron chi connectivity index (χ0n) is 12.1. The lowest BCUT2D eigenvalue weighted by atomic mass is 10.0. The summed E-state index contributed by atoms with van der Waals surface area (Å²) in [5, 5.41) is 3.24. The first-order valence-electron chi connectivity index (χ1n) is 6.58. The number of hydrogen-bond donors (Lipinski definition) is 1. The van der Waals surface area contributed by atoms with E-state index in [9.17, 15) is 0 Å². The van der Waals surface area contributed by atoms with Crippen molar-refractivity contribution in [3.05, 3.63) is 29.3 Å². The van der Waals surface area contributed by atoms with Gasteiger partial charge >= 0.3 is 0 Å². The Kier molecular flexibility index (Phi) is 6.16. The van der Waals surface area contributed by atoms with Crippen LogP contribution < -0.4 is 10.1 Å². The number of ether oxygens (including phenoxy) is 2. The zero-order chi connectivity index (χ0) is 13.5. The molecule has 18 heavy (non-hydrogen) atoms. The molecule has 1 rings (SSSR count). The molecule has 0 aliphatic carbocycles. The minimum atomic E-state index is 0.278. The summed E-state index contributed by atoms with van der Waals surface area (Å²) in [6.45, 7) is 6.96. The van der Waals surface area contributed by atoms with Crippen LogP contribution in [0.4, 0.5) is 0 Å². The normalized spacial score (nSPS) is 14.3. The Morgan fingerprint density at radius 1 is 1.28 bits per heavy atom. The second-order valence-electron chi connectivity index (χ2n) is 4.61. The molecule has 0 heterocycles. The van der Waals surface area contributed by atoms with Crippen molar-refractivity contribution in [3.63, 3.8) is 0 Å². The van der Waals surface area contributed by atoms with Crippen LogP contribution in [0.2, 0.25) is 0 Å². The third kappa shape index (κ3) is 4.00. The second kappa shape index (κ2) is 7.39. The molecule has 1 N–H and O–H groups in total. The molecule has 0 aliphatic rings. The highest BCUT2D eigenvalue weighted by Crippen LogP contribution is 2.24. The van der Waals surface area contributed by atoms with Gasteiger partial charge in [-0.1, -0.05) is 13.0 Å². The van der Waals surface area contributed by atoms with Gasteiger partial charge < -0.3 is 14.8 Å². The molecule has 1 aromatic carbocycles. The van der Waals surface area contributed by atoms with E-state index >= 15 is 0 Å². The first kappa shape index (κ1) is 15.0. The van der Waals surface area contributed by atoms with Crippen LogP contribution in [0.15, 0.2) is 18.2 Å². The number of benzene rings is 1. The third-order valence-corrected chi connectivity index (χ3v) is 3.34. The highest BCUT2D eigenvalue weighted by molar-refractivity contribution is 5.38. The van der Waals surface area contributed by atoms with Crippen molar-refractivity contribution in [2.45, 2.75) is 45.9 Å². The summed E-state index contributed by atoms with van der Waals surface area (Å²) in [5.74, 6) is 0.894. The van der Waals surface area contributed by atoms with E-state index in [-0.39, 0.29) is 6.10 Å². The summed E-state index contributed by atoms with van der Waals surface area (Å²) in [4.78, 5) is 0. The van der Waals surface area contributed by atoms with Gasteiger partial charge in [0, 0.05) is 11.6 Å². The maximum absolute atomic E-state index is 5.79. The van der Waals surface area contributed by atoms with Crippen molar-refractivity contribution in [2.24, 2.45) is 0 Å². The van der Waals surface area contributed by atoms with Gasteiger partial charge in [-0.25, -0.2) is 0 Å². The molecule has 0 spiro atoms. The van der Waals surface area contributed by atoms with E-state index < -0.39 is 0 Å². The molecular formula is C15H25NO2. The summed E-state index contributed by atoms with van der Waals surface area (Å²) in [5.41, 5.74) is 2.36. The fourth-order valence-electron chi connectivity index (χ4n) is 1.70. The van der Waals surface area contributed by atoms with Gasteiger partial charge in [0.15, 0.2) is 0 Å². The molecule has 0 amide bonds. The Morgan fingerprint density at radius 3 is 2.56 bits per heavy atom. The van der Waals surface area contributed by atoms with Gasteiger partial charge in [0.05, 0.1) is 19.8 Å². The van der Waals surface area contributed by atoms with E-state index in [1.807, 2.05) is 13.1 Å². The van der Waals surface area contributed by atoms with Gasteiger partial charge in [-0.15, -0.1) is 0 Å². The van der Waals surface area contributed by atoms with Crippen LogP contribution in [0, 0.1) is 0 Å². The van der Waals surface area contributed by atoms with E-state index in [4.69, 9.17) is 9.47 Å². The summed E-state index contributed by atoms with van der Waals surface area (Å²) >= 11 is 0. The summed E-state index contributed by atoms with van der Waals surface area (Å²) in [6, 6.07) is 6.59. The van der Waals surface area contributed by atoms with Gasteiger partial charge in [0.1, 0.15) is 5.75 Å². The van der Waals surface area contributed by atoms with Crippen LogP contribution in [0.25, 0.3) is 0 Å². The Balaban J connectivity index is 2.85. The van der Waals surface area contributed by atoms with Crippen LogP contribution in [0.5, 0.6) is 5.75 Å². The molecule has 3 nitrogen and oxygen atoms in total. The van der Waals surface area contributed by atoms with Crippen LogP contribution in [-0.2, 0) is 11.3 Å². The predicted octanol–water partition coefficient (Wildman–Crippen LogP) is 3.29. The Morgan fingerprint density at radius 2 is 2.00 bits per heavy atom. The molecule has 0 saturated heterocycles. The monoisotopic (exact) mass is 251 g/mol. The van der Waals surface area contributed by atoms with E-state index in [1.165, 1.54) is 5.56 Å². The van der Waals surface area contributed by atoms with Crippen LogP contribution in [0.3, 0.4) is 0 Å². The summed E-state index contributed by atoms with van der Waals surface area (Å²) in [7, 11) is 3.66. The summed E-state index contributed by atoms with van der Waals surface area (Å²) in [6.07, 6.45) is 1.30. The molecule has 3 heteroatoms. The lowest BCUT2D eigenvalue weighted by Gasteiger charge is -2.16. The highest BCUT2D eigenvalue weighted by atomic mass is 16.5. The first-order chi connectivity index (χ1) is 8.62. The van der Waals surface area contributed by atoms with Crippen molar-refractivity contribution in [1.29, 1.82) is 0 Å². The molecular weight excluding hydrogens is 226 g/mol. The molecule has 0 aliphatic heterocycles. The topological polar surface area (TPSA) is 30.5 Å². The maximum atomic E-state index is 5.79. The largest absolute Gasteiger partial charge is 0.496 e. The van der Waals surface area contributed by atoms with Crippen LogP contribution in [-0.4, -0.2) is 20.3 Å². The molecule has 0 radical (unpaired) electrons. The van der Waals surface area contributed by atoms with Crippen molar-refractivity contribution in [3.8, 4) is 5.75 Å². The van der Waals surface area contributed by atoms with Crippen molar-refractivity contribution >= 4 is 0 Å². The summed E-state index contributed by atoms with van der Waals surface area (Å²) < 4.78 is 11.2. The van der Waals surface area contributed by atoms with E-state index in [0.717, 1.165) is 17.7 Å². The number of rotatable bonds is 7. The Bertz CT molecular complexity index is 366. The Hall–Kier alpha value is -1.06. The predicted molar refractivity (Wildman–Crippen MR) is 75.0 cm³/mol. The minimum Gasteiger partial charge on any atom is -0.496 e. The molecule has 0 fully saturated rings. The fraction of sp³-hybridized carbons (Fsp3) is 0.600. The quantitative estimate of drug-likeness (QED) is 0.806. The van der Waals surface area contributed by atoms with Gasteiger partial charge in [-0.2, -0.15) is 0 Å². The molecule has 0 saturated carbocycles. The third-order valence-electron chi connectivity index (χ3n) is 3.34. The first-order valence-corrected chi connectivity index (χ1v) is 6.58. The number of nitrogens with one attached hydrogen (secondary N) is 1. The van der Waals surface area contributed by atoms with E-state index in [1.54, 1.807) is 7.11 Å². The standard InChI is InChI=1S/C15H25NO2/c1-6-11(2)18-10-14-9-13(12(3)16-4)7-8-15(14)17-5/h7-9,11-12,16H,6,10H2,1-5H3. The number of methoxy groups -OCH3 is 1. The average molecular weight is 251 g/mol. The smallest absolute Gasteiger partial charge is 0.124 e. The molecule has 0 bridgehead atoms. The van der Waals surface area contributed by atoms with Gasteiger partial charge in [0.2, 0.25) is 0 Å². The van der Waals surface area contributed by atoms with E-state index in [0.29, 0.717) is 12.6 Å². The van der Waals surface area contributed by atoms with Crippen LogP contribution in [0.1, 0.15) is 44.4 Å². The molecule has 0 aromatic heterocycles. The fourth-order valence-corrected chi connectivity index (χ4v) is 1.70. The van der Waals surface area contributed by atoms with Crippen molar-refractivity contribution < 1.29 is 9.47 Å². The average Bonchev–Trinajstić information content (AvgIpc) is 2.43. The molecule has 2 unspecified atom stereocenters. The van der Waals surface area contributed by atoms with Gasteiger partial charge in [0.25, 0.3) is 0 Å². The maximum Gasteiger partial charge on any atom is 0.124 e. The van der Waals surface area contributed by atoms with Crippen LogP contribution >= 0.6 is 0 Å². The lowest BCUT2D eigenvalue weighted by molar-refractivity contribution is 0.0497. The molecule has 1 aromatic rings. The van der Waals surface area contributed by atoms with Crippen molar-refractivity contribution in [1.82, 2.24) is 5.32 Å².